The molecule has 1 aromatic carbocycles. The predicted octanol–water partition coefficient (Wildman–Crippen LogP) is 1.83. The Bertz CT molecular complexity index is 306. The second-order valence-electron chi connectivity index (χ2n) is 3.43. The number of hydrogen-bond acceptors (Lipinski definition) is 2. The maximum Gasteiger partial charge on any atom is 0.146 e. The Balaban J connectivity index is 2.25. The molecule has 1 saturated heterocycles. The summed E-state index contributed by atoms with van der Waals surface area (Å²) in [6, 6.07) is 5.32. The molecule has 1 atom stereocenters. The van der Waals surface area contributed by atoms with Gasteiger partial charge in [-0.25, -0.2) is 4.39 Å². The molecule has 0 unspecified atom stereocenters. The van der Waals surface area contributed by atoms with Crippen molar-refractivity contribution in [2.45, 2.75) is 18.9 Å². The van der Waals surface area contributed by atoms with Crippen molar-refractivity contribution in [2.75, 3.05) is 12.3 Å². The van der Waals surface area contributed by atoms with E-state index in [1.165, 1.54) is 12.5 Å². The van der Waals surface area contributed by atoms with Crippen LogP contribution < -0.4 is 11.1 Å². The van der Waals surface area contributed by atoms with Crippen LogP contribution in [0.4, 0.5) is 10.1 Å². The van der Waals surface area contributed by atoms with E-state index in [1.807, 2.05) is 0 Å². The van der Waals surface area contributed by atoms with Gasteiger partial charge in [-0.15, -0.1) is 0 Å². The fraction of sp³-hybridized carbons (Fsp3) is 0.400. The van der Waals surface area contributed by atoms with Crippen molar-refractivity contribution in [1.82, 2.24) is 5.32 Å². The lowest BCUT2D eigenvalue weighted by molar-refractivity contribution is 0.622. The topological polar surface area (TPSA) is 38.0 Å². The molecule has 1 fully saturated rings. The SMILES string of the molecule is Nc1cc([C@H]2CCCN2)ccc1F. The van der Waals surface area contributed by atoms with E-state index in [9.17, 15) is 4.39 Å². The van der Waals surface area contributed by atoms with Crippen LogP contribution in [0.25, 0.3) is 0 Å². The molecule has 2 rings (SSSR count). The first kappa shape index (κ1) is 8.51. The largest absolute Gasteiger partial charge is 0.396 e. The van der Waals surface area contributed by atoms with Gasteiger partial charge in [0.2, 0.25) is 0 Å². The van der Waals surface area contributed by atoms with Gasteiger partial charge >= 0.3 is 0 Å². The van der Waals surface area contributed by atoms with E-state index < -0.39 is 0 Å². The minimum atomic E-state index is -0.332. The van der Waals surface area contributed by atoms with Crippen molar-refractivity contribution >= 4 is 5.69 Å². The predicted molar refractivity (Wildman–Crippen MR) is 50.8 cm³/mol. The molecular formula is C10H13FN2. The summed E-state index contributed by atoms with van der Waals surface area (Å²) in [5, 5.41) is 3.34. The number of nitrogens with one attached hydrogen (secondary N) is 1. The fourth-order valence-electron chi connectivity index (χ4n) is 1.75. The van der Waals surface area contributed by atoms with E-state index in [0.717, 1.165) is 18.5 Å². The number of anilines is 1. The van der Waals surface area contributed by atoms with Gasteiger partial charge in [0.05, 0.1) is 5.69 Å². The Morgan fingerprint density at radius 2 is 2.31 bits per heavy atom. The summed E-state index contributed by atoms with van der Waals surface area (Å²) in [6.45, 7) is 1.04. The first-order valence-electron chi connectivity index (χ1n) is 4.55. The quantitative estimate of drug-likeness (QED) is 0.647. The Labute approximate surface area is 76.9 Å². The van der Waals surface area contributed by atoms with Crippen LogP contribution in [0.15, 0.2) is 18.2 Å². The molecule has 3 heteroatoms. The molecule has 0 radical (unpaired) electrons. The number of hydrogen-bond donors (Lipinski definition) is 2. The second-order valence-corrected chi connectivity index (χ2v) is 3.43. The van der Waals surface area contributed by atoms with E-state index in [4.69, 9.17) is 5.73 Å². The molecule has 0 amide bonds. The van der Waals surface area contributed by atoms with Gasteiger partial charge in [-0.3, -0.25) is 0 Å². The number of nitrogens with two attached hydrogens (primary N) is 1. The molecule has 1 heterocycles. The third kappa shape index (κ3) is 1.65. The summed E-state index contributed by atoms with van der Waals surface area (Å²) in [5.74, 6) is -0.332. The summed E-state index contributed by atoms with van der Waals surface area (Å²) in [7, 11) is 0. The van der Waals surface area contributed by atoms with Gasteiger partial charge in [-0.1, -0.05) is 6.07 Å². The molecule has 3 N–H and O–H groups in total. The third-order valence-corrected chi connectivity index (χ3v) is 2.48. The summed E-state index contributed by atoms with van der Waals surface area (Å²) < 4.78 is 12.8. The highest BCUT2D eigenvalue weighted by Gasteiger charge is 2.16. The van der Waals surface area contributed by atoms with Gasteiger partial charge in [-0.2, -0.15) is 0 Å². The number of halogens is 1. The van der Waals surface area contributed by atoms with E-state index in [1.54, 1.807) is 12.1 Å². The molecule has 2 nitrogen and oxygen atoms in total. The van der Waals surface area contributed by atoms with Crippen LogP contribution in [0.3, 0.4) is 0 Å². The third-order valence-electron chi connectivity index (χ3n) is 2.48. The lowest BCUT2D eigenvalue weighted by Crippen LogP contribution is -2.13. The van der Waals surface area contributed by atoms with Gasteiger partial charge in [0.1, 0.15) is 5.82 Å². The lowest BCUT2D eigenvalue weighted by atomic mass is 10.0. The highest BCUT2D eigenvalue weighted by atomic mass is 19.1. The van der Waals surface area contributed by atoms with Crippen LogP contribution >= 0.6 is 0 Å². The van der Waals surface area contributed by atoms with Crippen LogP contribution in [-0.4, -0.2) is 6.54 Å². The summed E-state index contributed by atoms with van der Waals surface area (Å²) in [6.07, 6.45) is 2.30. The van der Waals surface area contributed by atoms with E-state index >= 15 is 0 Å². The van der Waals surface area contributed by atoms with Crippen molar-refractivity contribution in [3.63, 3.8) is 0 Å². The Kier molecular flexibility index (Phi) is 2.19. The Morgan fingerprint density at radius 1 is 1.46 bits per heavy atom. The van der Waals surface area contributed by atoms with Crippen LogP contribution in [-0.2, 0) is 0 Å². The van der Waals surface area contributed by atoms with Crippen molar-refractivity contribution in [3.8, 4) is 0 Å². The molecule has 1 aliphatic rings. The molecule has 70 valence electrons. The number of benzene rings is 1. The van der Waals surface area contributed by atoms with Crippen LogP contribution in [0.1, 0.15) is 24.4 Å². The standard InChI is InChI=1S/C10H13FN2/c11-8-4-3-7(6-9(8)12)10-2-1-5-13-10/h3-4,6,10,13H,1-2,5,12H2/t10-/m1/s1. The summed E-state index contributed by atoms with van der Waals surface area (Å²) >= 11 is 0. The average Bonchev–Trinajstić information content (AvgIpc) is 2.62. The maximum atomic E-state index is 12.8. The van der Waals surface area contributed by atoms with Gasteiger partial charge in [0.15, 0.2) is 0 Å². The average molecular weight is 180 g/mol. The van der Waals surface area contributed by atoms with E-state index in [2.05, 4.69) is 5.32 Å². The number of nitrogen functional groups attached to an aromatic ring is 1. The summed E-state index contributed by atoms with van der Waals surface area (Å²) in [5.41, 5.74) is 6.82. The highest BCUT2D eigenvalue weighted by Crippen LogP contribution is 2.25. The van der Waals surface area contributed by atoms with E-state index in [0.29, 0.717) is 6.04 Å². The molecule has 0 spiro atoms. The zero-order valence-corrected chi connectivity index (χ0v) is 7.39. The van der Waals surface area contributed by atoms with Gasteiger partial charge in [-0.05, 0) is 37.1 Å². The summed E-state index contributed by atoms with van der Waals surface area (Å²) in [4.78, 5) is 0. The number of rotatable bonds is 1. The molecular weight excluding hydrogens is 167 g/mol. The van der Waals surface area contributed by atoms with Crippen molar-refractivity contribution in [3.05, 3.63) is 29.6 Å². The smallest absolute Gasteiger partial charge is 0.146 e. The zero-order valence-electron chi connectivity index (χ0n) is 7.39. The Morgan fingerprint density at radius 3 is 2.92 bits per heavy atom. The molecule has 0 aromatic heterocycles. The van der Waals surface area contributed by atoms with Crippen molar-refractivity contribution < 1.29 is 4.39 Å². The van der Waals surface area contributed by atoms with Crippen molar-refractivity contribution in [1.29, 1.82) is 0 Å². The minimum absolute atomic E-state index is 0.242. The first-order valence-corrected chi connectivity index (χ1v) is 4.55. The normalized spacial score (nSPS) is 22.1. The van der Waals surface area contributed by atoms with Crippen LogP contribution in [0, 0.1) is 5.82 Å². The van der Waals surface area contributed by atoms with Gasteiger partial charge in [0, 0.05) is 6.04 Å². The van der Waals surface area contributed by atoms with Gasteiger partial charge in [0.25, 0.3) is 0 Å². The monoisotopic (exact) mass is 180 g/mol. The molecule has 1 aromatic rings. The second kappa shape index (κ2) is 3.34. The van der Waals surface area contributed by atoms with Crippen molar-refractivity contribution in [2.24, 2.45) is 0 Å². The first-order chi connectivity index (χ1) is 6.27. The molecule has 13 heavy (non-hydrogen) atoms. The molecule has 0 aliphatic carbocycles. The zero-order chi connectivity index (χ0) is 9.26. The Hall–Kier alpha value is -1.09. The highest BCUT2D eigenvalue weighted by molar-refractivity contribution is 5.43. The fourth-order valence-corrected chi connectivity index (χ4v) is 1.75. The lowest BCUT2D eigenvalue weighted by Gasteiger charge is -2.10. The minimum Gasteiger partial charge on any atom is -0.396 e. The molecule has 0 saturated carbocycles. The molecule has 0 bridgehead atoms. The van der Waals surface area contributed by atoms with Gasteiger partial charge < -0.3 is 11.1 Å². The maximum absolute atomic E-state index is 12.8. The molecule has 1 aliphatic heterocycles. The van der Waals surface area contributed by atoms with Crippen LogP contribution in [0.5, 0.6) is 0 Å². The van der Waals surface area contributed by atoms with Crippen LogP contribution in [0.2, 0.25) is 0 Å². The van der Waals surface area contributed by atoms with E-state index in [-0.39, 0.29) is 11.5 Å².